The molecule has 4 aromatic carbocycles. The number of fused-ring (bicyclic) bond motifs is 2. The molecule has 0 unspecified atom stereocenters. The van der Waals surface area contributed by atoms with Crippen LogP contribution in [0.1, 0.15) is 11.1 Å². The summed E-state index contributed by atoms with van der Waals surface area (Å²) < 4.78 is 14.5. The van der Waals surface area contributed by atoms with Crippen LogP contribution in [0.15, 0.2) is 139 Å². The Hall–Kier alpha value is -5.86. The van der Waals surface area contributed by atoms with Gasteiger partial charge in [0.2, 0.25) is 10.3 Å². The maximum absolute atomic E-state index is 13.2. The first kappa shape index (κ1) is 31.4. The van der Waals surface area contributed by atoms with Gasteiger partial charge in [0.15, 0.2) is 11.4 Å². The van der Waals surface area contributed by atoms with E-state index in [0.717, 1.165) is 22.6 Å². The van der Waals surface area contributed by atoms with Gasteiger partial charge in [0.1, 0.15) is 24.7 Å². The Kier molecular flexibility index (Phi) is 8.76. The Bertz CT molecular complexity index is 2200. The molecule has 246 valence electrons. The van der Waals surface area contributed by atoms with Gasteiger partial charge in [-0.05, 0) is 59.7 Å². The van der Waals surface area contributed by atoms with Crippen LogP contribution in [-0.2, 0) is 0 Å². The van der Waals surface area contributed by atoms with Crippen molar-refractivity contribution in [1.29, 1.82) is 0 Å². The summed E-state index contributed by atoms with van der Waals surface area (Å²) in [4.78, 5) is 26.3. The maximum Gasteiger partial charge on any atom is 0.301 e. The Labute approximate surface area is 293 Å². The third-order valence-electron chi connectivity index (χ3n) is 7.83. The minimum absolute atomic E-state index is 0.261. The van der Waals surface area contributed by atoms with Gasteiger partial charge in [-0.25, -0.2) is 0 Å². The van der Waals surface area contributed by atoms with Gasteiger partial charge in [0.25, 0.3) is 0 Å². The monoisotopic (exact) mass is 698 g/mol. The van der Waals surface area contributed by atoms with Crippen molar-refractivity contribution in [2.45, 2.75) is 10.3 Å². The summed E-state index contributed by atoms with van der Waals surface area (Å²) in [7, 11) is 0. The van der Waals surface area contributed by atoms with E-state index in [1.165, 1.54) is 32.9 Å². The average molecular weight is 699 g/mol. The first-order chi connectivity index (χ1) is 24.6. The molecule has 0 bridgehead atoms. The molecule has 12 nitrogen and oxygen atoms in total. The summed E-state index contributed by atoms with van der Waals surface area (Å²) in [5.41, 5.74) is 4.59. The van der Waals surface area contributed by atoms with E-state index in [4.69, 9.17) is 9.47 Å². The fraction of sp³-hybridized carbons (Fsp3) is 0.111. The van der Waals surface area contributed by atoms with Crippen LogP contribution in [0.3, 0.4) is 0 Å². The van der Waals surface area contributed by atoms with Crippen LogP contribution in [-0.4, -0.2) is 65.9 Å². The van der Waals surface area contributed by atoms with Crippen molar-refractivity contribution in [3.8, 4) is 34.0 Å². The molecule has 8 rings (SSSR count). The lowest BCUT2D eigenvalue weighted by Crippen LogP contribution is -2.28. The lowest BCUT2D eigenvalue weighted by molar-refractivity contribution is 0.217. The van der Waals surface area contributed by atoms with Gasteiger partial charge in [-0.15, -0.1) is 20.4 Å². The van der Waals surface area contributed by atoms with E-state index in [1.807, 2.05) is 109 Å². The summed E-state index contributed by atoms with van der Waals surface area (Å²) in [5.74, 6) is 2.51. The average Bonchev–Trinajstić information content (AvgIpc) is 3.18. The number of benzene rings is 4. The van der Waals surface area contributed by atoms with Crippen LogP contribution in [0.25, 0.3) is 22.5 Å². The van der Waals surface area contributed by atoms with Crippen LogP contribution >= 0.6 is 23.5 Å². The van der Waals surface area contributed by atoms with Crippen molar-refractivity contribution in [1.82, 2.24) is 29.7 Å². The zero-order valence-electron chi connectivity index (χ0n) is 26.2. The van der Waals surface area contributed by atoms with Crippen molar-refractivity contribution < 1.29 is 9.47 Å². The summed E-state index contributed by atoms with van der Waals surface area (Å²) in [5, 5.41) is 26.9. The van der Waals surface area contributed by atoms with Crippen LogP contribution in [0, 0.1) is 0 Å². The normalized spacial score (nSPS) is 13.4. The second-order valence-corrected chi connectivity index (χ2v) is 12.9. The number of hydrogen-bond donors (Lipinski definition) is 0. The molecule has 6 aromatic rings. The molecule has 0 atom stereocenters. The van der Waals surface area contributed by atoms with Crippen LogP contribution in [0.2, 0.25) is 0 Å². The van der Waals surface area contributed by atoms with Gasteiger partial charge in [0.05, 0.1) is 11.4 Å². The lowest BCUT2D eigenvalue weighted by atomic mass is 10.1. The standard InChI is InChI=1S/C36H26N8O4S2/c45-33-31(25-7-3-1-4-8-25)37-39-35-43(33)41-29(21-49-35)23-11-15-27(16-12-23)47-19-20-48-28-17-13-24(14-18-28)30-22-50-36-40-38-32(34(46)44(36)42-30)26-9-5-2-6-10-26/h1-18H,19-22H2. The molecular weight excluding hydrogens is 673 g/mol. The molecule has 2 aliphatic heterocycles. The molecule has 50 heavy (non-hydrogen) atoms. The maximum atomic E-state index is 13.2. The topological polar surface area (TPSA) is 139 Å². The van der Waals surface area contributed by atoms with E-state index in [9.17, 15) is 9.59 Å². The number of thioether (sulfide) groups is 2. The molecule has 0 N–H and O–H groups in total. The van der Waals surface area contributed by atoms with Gasteiger partial charge >= 0.3 is 11.1 Å². The number of ether oxygens (including phenoxy) is 2. The molecule has 0 radical (unpaired) electrons. The first-order valence-electron chi connectivity index (χ1n) is 15.6. The van der Waals surface area contributed by atoms with E-state index in [0.29, 0.717) is 57.7 Å². The van der Waals surface area contributed by atoms with Crippen molar-refractivity contribution in [2.75, 3.05) is 24.7 Å². The number of aromatic nitrogens is 6. The highest BCUT2D eigenvalue weighted by atomic mass is 32.2. The predicted octanol–water partition coefficient (Wildman–Crippen LogP) is 5.10. The molecule has 14 heteroatoms. The van der Waals surface area contributed by atoms with Gasteiger partial charge in [-0.3, -0.25) is 9.59 Å². The van der Waals surface area contributed by atoms with Crippen molar-refractivity contribution in [2.24, 2.45) is 10.2 Å². The molecule has 2 aliphatic rings. The van der Waals surface area contributed by atoms with Gasteiger partial charge in [-0.1, -0.05) is 84.2 Å². The van der Waals surface area contributed by atoms with Crippen molar-refractivity contribution >= 4 is 34.9 Å². The van der Waals surface area contributed by atoms with E-state index < -0.39 is 0 Å². The smallest absolute Gasteiger partial charge is 0.301 e. The van der Waals surface area contributed by atoms with E-state index in [1.54, 1.807) is 0 Å². The Balaban J connectivity index is 0.873. The van der Waals surface area contributed by atoms with Gasteiger partial charge in [0, 0.05) is 22.6 Å². The highest BCUT2D eigenvalue weighted by Crippen LogP contribution is 2.25. The minimum atomic E-state index is -0.308. The Morgan fingerprint density at radius 2 is 0.900 bits per heavy atom. The molecule has 0 saturated heterocycles. The quantitative estimate of drug-likeness (QED) is 0.188. The molecule has 0 aliphatic carbocycles. The minimum Gasteiger partial charge on any atom is -0.490 e. The molecule has 0 amide bonds. The second-order valence-electron chi connectivity index (χ2n) is 11.0. The first-order valence-corrected chi connectivity index (χ1v) is 17.6. The summed E-state index contributed by atoms with van der Waals surface area (Å²) in [6.45, 7) is 0.685. The molecule has 4 heterocycles. The number of rotatable bonds is 9. The molecule has 0 spiro atoms. The van der Waals surface area contributed by atoms with E-state index >= 15 is 0 Å². The lowest BCUT2D eigenvalue weighted by Gasteiger charge is -2.16. The van der Waals surface area contributed by atoms with Crippen molar-refractivity contribution in [3.63, 3.8) is 0 Å². The Morgan fingerprint density at radius 3 is 1.30 bits per heavy atom. The zero-order valence-corrected chi connectivity index (χ0v) is 27.9. The third-order valence-corrected chi connectivity index (χ3v) is 9.69. The highest BCUT2D eigenvalue weighted by molar-refractivity contribution is 8.00. The van der Waals surface area contributed by atoms with Crippen LogP contribution in [0.4, 0.5) is 0 Å². The fourth-order valence-electron chi connectivity index (χ4n) is 5.29. The largest absolute Gasteiger partial charge is 0.490 e. The SMILES string of the molecule is O=c1c(-c2ccccc2)nnc2n1N=C(c1ccc(OCCOc3ccc(C4=Nn5c(nnc(-c6ccccc6)c5=O)SC4)cc3)cc1)CS2. The molecule has 0 fully saturated rings. The van der Waals surface area contributed by atoms with E-state index in [2.05, 4.69) is 30.6 Å². The predicted molar refractivity (Wildman–Crippen MR) is 193 cm³/mol. The summed E-state index contributed by atoms with van der Waals surface area (Å²) >= 11 is 2.84. The van der Waals surface area contributed by atoms with Crippen LogP contribution in [0.5, 0.6) is 11.5 Å². The Morgan fingerprint density at radius 1 is 0.500 bits per heavy atom. The highest BCUT2D eigenvalue weighted by Gasteiger charge is 2.22. The molecule has 0 saturated carbocycles. The number of hydrogen-bond acceptors (Lipinski definition) is 12. The molecule has 2 aromatic heterocycles. The van der Waals surface area contributed by atoms with Crippen molar-refractivity contribution in [3.05, 3.63) is 141 Å². The van der Waals surface area contributed by atoms with Crippen LogP contribution < -0.4 is 20.6 Å². The van der Waals surface area contributed by atoms with E-state index in [-0.39, 0.29) is 22.5 Å². The van der Waals surface area contributed by atoms with Gasteiger partial charge < -0.3 is 9.47 Å². The molecular formula is C36H26N8O4S2. The zero-order chi connectivity index (χ0) is 33.9. The van der Waals surface area contributed by atoms with Gasteiger partial charge in [-0.2, -0.15) is 19.6 Å². The summed E-state index contributed by atoms with van der Waals surface area (Å²) in [6.07, 6.45) is 0. The number of nitrogens with zero attached hydrogens (tertiary/aromatic N) is 8. The fourth-order valence-corrected chi connectivity index (χ4v) is 6.96. The third kappa shape index (κ3) is 6.45. The second kappa shape index (κ2) is 13.9. The summed E-state index contributed by atoms with van der Waals surface area (Å²) in [6, 6.07) is 33.7.